The first-order chi connectivity index (χ1) is 20.1. The molecule has 1 saturated carbocycles. The van der Waals surface area contributed by atoms with Gasteiger partial charge in [-0.25, -0.2) is 8.42 Å². The number of hydrogen-bond acceptors (Lipinski definition) is 5. The number of nitrogens with one attached hydrogen (secondary N) is 1. The smallest absolute Gasteiger partial charge is 0.264 e. The monoisotopic (exact) mass is 591 g/mol. The van der Waals surface area contributed by atoms with E-state index in [2.05, 4.69) is 5.32 Å². The first-order valence-electron chi connectivity index (χ1n) is 14.5. The molecule has 1 aliphatic carbocycles. The van der Waals surface area contributed by atoms with Crippen LogP contribution >= 0.6 is 0 Å². The summed E-state index contributed by atoms with van der Waals surface area (Å²) in [5.41, 5.74) is 2.93. The lowest BCUT2D eigenvalue weighted by molar-refractivity contribution is -0.140. The number of aryl methyl sites for hydroxylation is 2. The third-order valence-corrected chi connectivity index (χ3v) is 9.47. The summed E-state index contributed by atoms with van der Waals surface area (Å²) >= 11 is 0. The van der Waals surface area contributed by atoms with Crippen LogP contribution in [0.5, 0.6) is 5.75 Å². The molecule has 0 bridgehead atoms. The molecule has 0 aliphatic heterocycles. The predicted molar refractivity (Wildman–Crippen MR) is 165 cm³/mol. The van der Waals surface area contributed by atoms with Gasteiger partial charge in [0.25, 0.3) is 10.0 Å². The number of benzene rings is 3. The lowest BCUT2D eigenvalue weighted by Crippen LogP contribution is -2.53. The molecule has 4 rings (SSSR count). The number of rotatable bonds is 12. The van der Waals surface area contributed by atoms with E-state index in [-0.39, 0.29) is 23.4 Å². The molecule has 1 N–H and O–H groups in total. The van der Waals surface area contributed by atoms with Crippen molar-refractivity contribution in [3.63, 3.8) is 0 Å². The van der Waals surface area contributed by atoms with Gasteiger partial charge in [0, 0.05) is 12.6 Å². The first kappa shape index (κ1) is 31.1. The Morgan fingerprint density at radius 3 is 2.24 bits per heavy atom. The lowest BCUT2D eigenvalue weighted by atomic mass is 10.1. The average Bonchev–Trinajstić information content (AvgIpc) is 3.48. The molecule has 1 unspecified atom stereocenters. The number of carbonyl (C=O) groups is 2. The second kappa shape index (κ2) is 13.9. The third kappa shape index (κ3) is 7.50. The summed E-state index contributed by atoms with van der Waals surface area (Å²) in [5.74, 6) is -0.0544. The van der Waals surface area contributed by atoms with E-state index in [9.17, 15) is 18.0 Å². The summed E-state index contributed by atoms with van der Waals surface area (Å²) in [6.07, 6.45) is 4.35. The van der Waals surface area contributed by atoms with Crippen LogP contribution in [-0.4, -0.2) is 50.9 Å². The Morgan fingerprint density at radius 2 is 1.62 bits per heavy atom. The van der Waals surface area contributed by atoms with E-state index in [0.29, 0.717) is 17.9 Å². The second-order valence-corrected chi connectivity index (χ2v) is 12.8. The maximum atomic E-state index is 14.3. The van der Waals surface area contributed by atoms with Crippen molar-refractivity contribution in [1.29, 1.82) is 0 Å². The highest BCUT2D eigenvalue weighted by molar-refractivity contribution is 7.92. The van der Waals surface area contributed by atoms with Crippen molar-refractivity contribution >= 4 is 27.5 Å². The molecule has 3 aromatic carbocycles. The Hall–Kier alpha value is -3.85. The highest BCUT2D eigenvalue weighted by atomic mass is 32.2. The number of amides is 2. The molecular weight excluding hydrogens is 550 g/mol. The van der Waals surface area contributed by atoms with Crippen LogP contribution in [-0.2, 0) is 26.2 Å². The zero-order chi connectivity index (χ0) is 30.3. The summed E-state index contributed by atoms with van der Waals surface area (Å²) in [7, 11) is -2.53. The summed E-state index contributed by atoms with van der Waals surface area (Å²) in [6, 6.07) is 20.2. The molecule has 42 heavy (non-hydrogen) atoms. The Labute approximate surface area is 249 Å². The molecule has 8 nitrogen and oxygen atoms in total. The Balaban J connectivity index is 1.74. The number of hydrogen-bond donors (Lipinski definition) is 1. The highest BCUT2D eigenvalue weighted by Gasteiger charge is 2.34. The van der Waals surface area contributed by atoms with Gasteiger partial charge in [-0.3, -0.25) is 13.9 Å². The van der Waals surface area contributed by atoms with Crippen LogP contribution in [0.25, 0.3) is 0 Å². The maximum absolute atomic E-state index is 14.3. The third-order valence-electron chi connectivity index (χ3n) is 7.68. The maximum Gasteiger partial charge on any atom is 0.264 e. The van der Waals surface area contributed by atoms with Gasteiger partial charge in [-0.15, -0.1) is 0 Å². The molecule has 1 aliphatic rings. The Morgan fingerprint density at radius 1 is 0.952 bits per heavy atom. The topological polar surface area (TPSA) is 96.0 Å². The van der Waals surface area contributed by atoms with Crippen molar-refractivity contribution in [1.82, 2.24) is 10.2 Å². The van der Waals surface area contributed by atoms with Crippen LogP contribution in [0.4, 0.5) is 5.69 Å². The number of sulfonamides is 1. The van der Waals surface area contributed by atoms with Gasteiger partial charge in [-0.2, -0.15) is 0 Å². The fourth-order valence-electron chi connectivity index (χ4n) is 5.60. The molecule has 0 radical (unpaired) electrons. The number of carbonyl (C=O) groups excluding carboxylic acids is 2. The minimum atomic E-state index is -4.11. The van der Waals surface area contributed by atoms with Crippen molar-refractivity contribution in [3.05, 3.63) is 89.5 Å². The van der Waals surface area contributed by atoms with E-state index < -0.39 is 28.5 Å². The number of methoxy groups -OCH3 is 1. The van der Waals surface area contributed by atoms with E-state index in [0.717, 1.165) is 46.7 Å². The summed E-state index contributed by atoms with van der Waals surface area (Å²) in [6.45, 7) is 5.31. The van der Waals surface area contributed by atoms with Crippen LogP contribution in [0.2, 0.25) is 0 Å². The highest BCUT2D eigenvalue weighted by Crippen LogP contribution is 2.27. The van der Waals surface area contributed by atoms with Gasteiger partial charge >= 0.3 is 0 Å². The molecular formula is C33H41N3O5S. The molecule has 0 heterocycles. The standard InChI is InChI=1S/C33H41N3O5S/c1-5-31(33(38)34-27-13-9-10-14-27)35(22-26-12-11-15-29(21-26)41-4)32(37)23-36(28-19-24(2)18-25(3)20-28)42(39,40)30-16-7-6-8-17-30/h6-8,11-12,15-21,27,31H,5,9-10,13-14,22-23H2,1-4H3,(H,34,38). The van der Waals surface area contributed by atoms with Gasteiger partial charge in [-0.05, 0) is 86.2 Å². The van der Waals surface area contributed by atoms with Gasteiger partial charge in [0.05, 0.1) is 17.7 Å². The zero-order valence-corrected chi connectivity index (χ0v) is 25.7. The molecule has 2 amide bonds. The number of ether oxygens (including phenoxy) is 1. The van der Waals surface area contributed by atoms with Gasteiger partial charge in [0.15, 0.2) is 0 Å². The average molecular weight is 592 g/mol. The zero-order valence-electron chi connectivity index (χ0n) is 24.9. The second-order valence-electron chi connectivity index (χ2n) is 11.0. The van der Waals surface area contributed by atoms with Gasteiger partial charge in [0.1, 0.15) is 18.3 Å². The Bertz CT molecular complexity index is 1470. The van der Waals surface area contributed by atoms with Crippen molar-refractivity contribution in [3.8, 4) is 5.75 Å². The van der Waals surface area contributed by atoms with Crippen molar-refractivity contribution < 1.29 is 22.7 Å². The van der Waals surface area contributed by atoms with Crippen LogP contribution in [0.3, 0.4) is 0 Å². The largest absolute Gasteiger partial charge is 0.497 e. The normalized spacial score (nSPS) is 14.3. The molecule has 0 aromatic heterocycles. The minimum absolute atomic E-state index is 0.0855. The summed E-state index contributed by atoms with van der Waals surface area (Å²) < 4.78 is 34.6. The fraction of sp³-hybridized carbons (Fsp3) is 0.394. The predicted octanol–water partition coefficient (Wildman–Crippen LogP) is 5.37. The molecule has 224 valence electrons. The fourth-order valence-corrected chi connectivity index (χ4v) is 7.02. The summed E-state index contributed by atoms with van der Waals surface area (Å²) in [4.78, 5) is 29.5. The van der Waals surface area contributed by atoms with Crippen LogP contribution < -0.4 is 14.4 Å². The van der Waals surface area contributed by atoms with E-state index >= 15 is 0 Å². The number of anilines is 1. The molecule has 0 saturated heterocycles. The first-order valence-corrected chi connectivity index (χ1v) is 15.9. The SMILES string of the molecule is CCC(C(=O)NC1CCCC1)N(Cc1cccc(OC)c1)C(=O)CN(c1cc(C)cc(C)c1)S(=O)(=O)c1ccccc1. The molecule has 0 spiro atoms. The molecule has 9 heteroatoms. The van der Waals surface area contributed by atoms with Gasteiger partial charge < -0.3 is 15.0 Å². The summed E-state index contributed by atoms with van der Waals surface area (Å²) in [5, 5.41) is 3.14. The minimum Gasteiger partial charge on any atom is -0.497 e. The quantitative estimate of drug-likeness (QED) is 0.305. The van der Waals surface area contributed by atoms with Gasteiger partial charge in [0.2, 0.25) is 11.8 Å². The van der Waals surface area contributed by atoms with Crippen LogP contribution in [0, 0.1) is 13.8 Å². The Kier molecular flexibility index (Phi) is 10.3. The van der Waals surface area contributed by atoms with E-state index in [4.69, 9.17) is 4.74 Å². The number of nitrogens with zero attached hydrogens (tertiary/aromatic N) is 2. The van der Waals surface area contributed by atoms with E-state index in [1.165, 1.54) is 17.0 Å². The molecule has 1 atom stereocenters. The van der Waals surface area contributed by atoms with E-state index in [1.54, 1.807) is 37.4 Å². The van der Waals surface area contributed by atoms with Gasteiger partial charge in [-0.1, -0.05) is 56.2 Å². The van der Waals surface area contributed by atoms with Crippen LogP contribution in [0.15, 0.2) is 77.7 Å². The lowest BCUT2D eigenvalue weighted by Gasteiger charge is -2.34. The van der Waals surface area contributed by atoms with Crippen molar-refractivity contribution in [2.75, 3.05) is 18.0 Å². The molecule has 1 fully saturated rings. The van der Waals surface area contributed by atoms with Crippen LogP contribution in [0.1, 0.15) is 55.7 Å². The molecule has 3 aromatic rings. The van der Waals surface area contributed by atoms with E-state index in [1.807, 2.05) is 51.1 Å². The van der Waals surface area contributed by atoms with Crippen molar-refractivity contribution in [2.45, 2.75) is 76.4 Å². The van der Waals surface area contributed by atoms with Crippen molar-refractivity contribution in [2.24, 2.45) is 0 Å².